The number of rotatable bonds is 4. The van der Waals surface area contributed by atoms with Crippen molar-refractivity contribution < 1.29 is 27.4 Å². The predicted octanol–water partition coefficient (Wildman–Crippen LogP) is 4.32. The largest absolute Gasteiger partial charge is 0.486 e. The molecule has 0 radical (unpaired) electrons. The number of alkyl halides is 4. The van der Waals surface area contributed by atoms with Crippen LogP contribution in [0.3, 0.4) is 0 Å². The van der Waals surface area contributed by atoms with Gasteiger partial charge in [0.25, 0.3) is 5.91 Å². The highest BCUT2D eigenvalue weighted by molar-refractivity contribution is 14.1. The van der Waals surface area contributed by atoms with E-state index in [1.165, 1.54) is 12.1 Å². The molecular formula is C21H21F3IN3O3. The first kappa shape index (κ1) is 22.1. The summed E-state index contributed by atoms with van der Waals surface area (Å²) in [5.74, 6) is 0.0620. The van der Waals surface area contributed by atoms with Crippen LogP contribution in [0.4, 0.5) is 24.5 Å². The number of fused-ring (bicyclic) bond motifs is 1. The van der Waals surface area contributed by atoms with Crippen LogP contribution in [0.5, 0.6) is 5.75 Å². The van der Waals surface area contributed by atoms with Crippen molar-refractivity contribution in [3.63, 3.8) is 0 Å². The van der Waals surface area contributed by atoms with Crippen LogP contribution >= 0.6 is 22.6 Å². The minimum absolute atomic E-state index is 0.295. The van der Waals surface area contributed by atoms with Gasteiger partial charge in [-0.1, -0.05) is 28.7 Å². The maximum Gasteiger partial charge on any atom is 0.433 e. The zero-order valence-corrected chi connectivity index (χ0v) is 18.9. The third-order valence-corrected chi connectivity index (χ3v) is 6.87. The lowest BCUT2D eigenvalue weighted by atomic mass is 10.0. The second-order valence-electron chi connectivity index (χ2n) is 7.80. The summed E-state index contributed by atoms with van der Waals surface area (Å²) in [5, 5.41) is 2.77. The second kappa shape index (κ2) is 8.45. The lowest BCUT2D eigenvalue weighted by Gasteiger charge is -2.31. The average Bonchev–Trinajstić information content (AvgIpc) is 3.09. The van der Waals surface area contributed by atoms with E-state index in [0.717, 1.165) is 27.5 Å². The van der Waals surface area contributed by atoms with E-state index >= 15 is 0 Å². The topological polar surface area (TPSA) is 63.7 Å². The van der Waals surface area contributed by atoms with Gasteiger partial charge in [0.2, 0.25) is 0 Å². The molecule has 2 aromatic rings. The van der Waals surface area contributed by atoms with E-state index in [1.807, 2.05) is 19.1 Å². The Hall–Kier alpha value is -2.08. The van der Waals surface area contributed by atoms with Crippen LogP contribution < -0.4 is 15.0 Å². The zero-order valence-electron chi connectivity index (χ0n) is 16.8. The summed E-state index contributed by atoms with van der Waals surface area (Å²) >= 11 is 2.28. The summed E-state index contributed by atoms with van der Waals surface area (Å²) in [6.45, 7) is 4.39. The molecule has 31 heavy (non-hydrogen) atoms. The minimum atomic E-state index is -4.62. The normalized spacial score (nSPS) is 20.9. The van der Waals surface area contributed by atoms with Gasteiger partial charge in [-0.15, -0.1) is 0 Å². The molecule has 0 aliphatic carbocycles. The number of hydrogen-bond acceptors (Lipinski definition) is 5. The Labute approximate surface area is 191 Å². The van der Waals surface area contributed by atoms with E-state index in [0.29, 0.717) is 38.4 Å². The fourth-order valence-electron chi connectivity index (χ4n) is 3.70. The fourth-order valence-corrected chi connectivity index (χ4v) is 4.12. The van der Waals surface area contributed by atoms with E-state index < -0.39 is 17.8 Å². The number of benzene rings is 1. The van der Waals surface area contributed by atoms with Crippen molar-refractivity contribution in [2.24, 2.45) is 0 Å². The Morgan fingerprint density at radius 3 is 2.71 bits per heavy atom. The summed E-state index contributed by atoms with van der Waals surface area (Å²) in [5.41, 5.74) is 0.483. The molecule has 0 bridgehead atoms. The number of anilines is 2. The molecule has 1 atom stereocenters. The van der Waals surface area contributed by atoms with Crippen molar-refractivity contribution >= 4 is 39.9 Å². The SMILES string of the molecule is C[C@]1(CI)Cc2cc(NC(=O)c3cccc(C(F)(F)F)n3)c(N3CCOCC3)cc2O1. The molecule has 4 rings (SSSR count). The number of ether oxygens (including phenoxy) is 2. The van der Waals surface area contributed by atoms with Crippen LogP contribution in [0.25, 0.3) is 0 Å². The monoisotopic (exact) mass is 547 g/mol. The number of morpholine rings is 1. The number of carbonyl (C=O) groups is 1. The van der Waals surface area contributed by atoms with Crippen LogP contribution in [-0.4, -0.2) is 47.2 Å². The molecule has 3 heterocycles. The van der Waals surface area contributed by atoms with Crippen molar-refractivity contribution in [1.29, 1.82) is 0 Å². The smallest absolute Gasteiger partial charge is 0.433 e. The van der Waals surface area contributed by atoms with Gasteiger partial charge in [0.1, 0.15) is 22.7 Å². The summed E-state index contributed by atoms with van der Waals surface area (Å²) in [6.07, 6.45) is -3.94. The number of aromatic nitrogens is 1. The fraction of sp³-hybridized carbons (Fsp3) is 0.429. The molecule has 0 saturated carbocycles. The van der Waals surface area contributed by atoms with Gasteiger partial charge in [0.05, 0.1) is 24.6 Å². The van der Waals surface area contributed by atoms with Gasteiger partial charge < -0.3 is 19.7 Å². The maximum atomic E-state index is 13.0. The van der Waals surface area contributed by atoms with Crippen LogP contribution in [0.1, 0.15) is 28.7 Å². The summed E-state index contributed by atoms with van der Waals surface area (Å²) in [4.78, 5) is 18.4. The van der Waals surface area contributed by atoms with E-state index in [2.05, 4.69) is 37.8 Å². The Kier molecular flexibility index (Phi) is 6.03. The minimum Gasteiger partial charge on any atom is -0.486 e. The first-order chi connectivity index (χ1) is 14.7. The van der Waals surface area contributed by atoms with Crippen LogP contribution in [0.15, 0.2) is 30.3 Å². The molecule has 1 aromatic carbocycles. The number of amides is 1. The molecule has 10 heteroatoms. The Bertz CT molecular complexity index is 996. The molecule has 0 spiro atoms. The molecular weight excluding hydrogens is 526 g/mol. The highest BCUT2D eigenvalue weighted by atomic mass is 127. The average molecular weight is 547 g/mol. The molecule has 0 unspecified atom stereocenters. The standard InChI is InChI=1S/C21H21F3IN3O3/c1-20(12-25)11-13-9-15(16(10-17(13)31-20)28-5-7-30-8-6-28)27-19(29)14-3-2-4-18(26-14)21(22,23)24/h2-4,9-10H,5-8,11-12H2,1H3,(H,27,29)/t20-/m1/s1. The lowest BCUT2D eigenvalue weighted by molar-refractivity contribution is -0.141. The molecule has 1 aromatic heterocycles. The molecule has 1 N–H and O–H groups in total. The number of nitrogens with zero attached hydrogens (tertiary/aromatic N) is 2. The van der Waals surface area contributed by atoms with Gasteiger partial charge >= 0.3 is 6.18 Å². The van der Waals surface area contributed by atoms with Gasteiger partial charge in [-0.2, -0.15) is 13.2 Å². The van der Waals surface area contributed by atoms with Crippen LogP contribution in [0, 0.1) is 0 Å². The van der Waals surface area contributed by atoms with Gasteiger partial charge in [0.15, 0.2) is 0 Å². The van der Waals surface area contributed by atoms with Crippen molar-refractivity contribution in [3.8, 4) is 5.75 Å². The number of nitrogens with one attached hydrogen (secondary N) is 1. The summed E-state index contributed by atoms with van der Waals surface area (Å²) in [7, 11) is 0. The Morgan fingerprint density at radius 2 is 2.03 bits per heavy atom. The Balaban J connectivity index is 1.67. The molecule has 1 amide bonds. The third-order valence-electron chi connectivity index (χ3n) is 5.25. The highest BCUT2D eigenvalue weighted by Gasteiger charge is 2.36. The van der Waals surface area contributed by atoms with Gasteiger partial charge in [-0.3, -0.25) is 4.79 Å². The van der Waals surface area contributed by atoms with Crippen LogP contribution in [0.2, 0.25) is 0 Å². The molecule has 1 fully saturated rings. The molecule has 6 nitrogen and oxygen atoms in total. The predicted molar refractivity (Wildman–Crippen MR) is 118 cm³/mol. The van der Waals surface area contributed by atoms with E-state index in [9.17, 15) is 18.0 Å². The number of hydrogen-bond donors (Lipinski definition) is 1. The summed E-state index contributed by atoms with van der Waals surface area (Å²) in [6, 6.07) is 7.03. The molecule has 166 valence electrons. The Morgan fingerprint density at radius 1 is 1.29 bits per heavy atom. The lowest BCUT2D eigenvalue weighted by Crippen LogP contribution is -2.36. The first-order valence-corrected chi connectivity index (χ1v) is 11.3. The van der Waals surface area contributed by atoms with Crippen molar-refractivity contribution in [2.75, 3.05) is 40.9 Å². The quantitative estimate of drug-likeness (QED) is 0.457. The highest BCUT2D eigenvalue weighted by Crippen LogP contribution is 2.42. The van der Waals surface area contributed by atoms with E-state index in [4.69, 9.17) is 9.47 Å². The molecule has 2 aliphatic heterocycles. The van der Waals surface area contributed by atoms with E-state index in [1.54, 1.807) is 0 Å². The summed E-state index contributed by atoms with van der Waals surface area (Å²) < 4.78 is 51.4. The zero-order chi connectivity index (χ0) is 22.2. The van der Waals surface area contributed by atoms with Gasteiger partial charge in [-0.05, 0) is 25.1 Å². The second-order valence-corrected chi connectivity index (χ2v) is 8.56. The van der Waals surface area contributed by atoms with Crippen molar-refractivity contribution in [1.82, 2.24) is 4.98 Å². The molecule has 1 saturated heterocycles. The maximum absolute atomic E-state index is 13.0. The number of carbonyl (C=O) groups excluding carboxylic acids is 1. The van der Waals surface area contributed by atoms with E-state index in [-0.39, 0.29) is 11.3 Å². The van der Waals surface area contributed by atoms with Crippen molar-refractivity contribution in [3.05, 3.63) is 47.3 Å². The first-order valence-electron chi connectivity index (χ1n) is 9.79. The van der Waals surface area contributed by atoms with Gasteiger partial charge in [0, 0.05) is 35.6 Å². The van der Waals surface area contributed by atoms with Crippen molar-refractivity contribution in [2.45, 2.75) is 25.1 Å². The molecule has 2 aliphatic rings. The van der Waals surface area contributed by atoms with Crippen LogP contribution in [-0.2, 0) is 17.3 Å². The number of pyridine rings is 1. The third kappa shape index (κ3) is 4.74. The number of halogens is 4. The van der Waals surface area contributed by atoms with Gasteiger partial charge in [-0.25, -0.2) is 4.98 Å².